The van der Waals surface area contributed by atoms with Gasteiger partial charge in [0.15, 0.2) is 0 Å². The van der Waals surface area contributed by atoms with Gasteiger partial charge in [0.25, 0.3) is 0 Å². The third kappa shape index (κ3) is 4.00. The molecular formula is C10H14N2O2. The van der Waals surface area contributed by atoms with Gasteiger partial charge in [0.05, 0.1) is 6.54 Å². The Morgan fingerprint density at radius 1 is 1.64 bits per heavy atom. The first kappa shape index (κ1) is 10.7. The third-order valence-corrected chi connectivity index (χ3v) is 1.84. The second-order valence-electron chi connectivity index (χ2n) is 3.20. The second-order valence-corrected chi connectivity index (χ2v) is 3.20. The maximum Gasteiger partial charge on any atom is 0.317 e. The lowest BCUT2D eigenvalue weighted by Crippen LogP contribution is -2.32. The topological polar surface area (TPSA) is 62.2 Å². The predicted octanol–water partition coefficient (Wildman–Crippen LogP) is 0.687. The van der Waals surface area contributed by atoms with E-state index in [9.17, 15) is 4.79 Å². The average Bonchev–Trinajstić information content (AvgIpc) is 2.16. The molecule has 0 saturated heterocycles. The molecule has 0 aromatic carbocycles. The van der Waals surface area contributed by atoms with Gasteiger partial charge in [-0.1, -0.05) is 6.07 Å². The van der Waals surface area contributed by atoms with Gasteiger partial charge < -0.3 is 10.4 Å². The Morgan fingerprint density at radius 3 is 3.00 bits per heavy atom. The van der Waals surface area contributed by atoms with Gasteiger partial charge in [-0.2, -0.15) is 0 Å². The van der Waals surface area contributed by atoms with E-state index >= 15 is 0 Å². The largest absolute Gasteiger partial charge is 0.480 e. The summed E-state index contributed by atoms with van der Waals surface area (Å²) in [6.45, 7) is 1.94. The van der Waals surface area contributed by atoms with Crippen LogP contribution < -0.4 is 5.32 Å². The smallest absolute Gasteiger partial charge is 0.317 e. The van der Waals surface area contributed by atoms with Crippen molar-refractivity contribution < 1.29 is 9.90 Å². The van der Waals surface area contributed by atoms with E-state index in [1.807, 2.05) is 25.1 Å². The molecule has 1 heterocycles. The van der Waals surface area contributed by atoms with Gasteiger partial charge in [-0.3, -0.25) is 9.78 Å². The lowest BCUT2D eigenvalue weighted by molar-refractivity contribution is -0.136. The fourth-order valence-corrected chi connectivity index (χ4v) is 1.17. The maximum absolute atomic E-state index is 10.3. The van der Waals surface area contributed by atoms with E-state index in [0.29, 0.717) is 0 Å². The van der Waals surface area contributed by atoms with Crippen molar-refractivity contribution in [1.29, 1.82) is 0 Å². The summed E-state index contributed by atoms with van der Waals surface area (Å²) in [6.07, 6.45) is 2.48. The van der Waals surface area contributed by atoms with Crippen LogP contribution in [0.25, 0.3) is 0 Å². The fourth-order valence-electron chi connectivity index (χ4n) is 1.17. The highest BCUT2D eigenvalue weighted by atomic mass is 16.4. The van der Waals surface area contributed by atoms with Crippen LogP contribution in [0.2, 0.25) is 0 Å². The first-order valence-electron chi connectivity index (χ1n) is 4.53. The number of nitrogens with zero attached hydrogens (tertiary/aromatic N) is 1. The zero-order valence-electron chi connectivity index (χ0n) is 8.10. The molecule has 0 saturated carbocycles. The van der Waals surface area contributed by atoms with Crippen LogP contribution in [0.4, 0.5) is 0 Å². The van der Waals surface area contributed by atoms with Gasteiger partial charge in [-0.05, 0) is 19.1 Å². The number of carboxylic acids is 1. The van der Waals surface area contributed by atoms with Crippen LogP contribution in [0, 0.1) is 0 Å². The van der Waals surface area contributed by atoms with Crippen molar-refractivity contribution >= 4 is 5.97 Å². The molecule has 1 aromatic heterocycles. The normalized spacial score (nSPS) is 12.4. The monoisotopic (exact) mass is 194 g/mol. The Morgan fingerprint density at radius 2 is 2.43 bits per heavy atom. The van der Waals surface area contributed by atoms with Gasteiger partial charge in [-0.25, -0.2) is 0 Å². The third-order valence-electron chi connectivity index (χ3n) is 1.84. The molecule has 1 unspecified atom stereocenters. The minimum atomic E-state index is -0.835. The van der Waals surface area contributed by atoms with E-state index < -0.39 is 5.97 Å². The number of aromatic nitrogens is 1. The highest BCUT2D eigenvalue weighted by molar-refractivity contribution is 5.69. The minimum absolute atomic E-state index is 0.00595. The molecule has 4 nitrogen and oxygen atoms in total. The molecule has 0 aliphatic carbocycles. The lowest BCUT2D eigenvalue weighted by Gasteiger charge is -2.10. The van der Waals surface area contributed by atoms with E-state index in [1.165, 1.54) is 0 Å². The first-order valence-corrected chi connectivity index (χ1v) is 4.53. The Labute approximate surface area is 83.0 Å². The Hall–Kier alpha value is -1.42. The first-order chi connectivity index (χ1) is 6.68. The average molecular weight is 194 g/mol. The van der Waals surface area contributed by atoms with E-state index in [2.05, 4.69) is 10.3 Å². The van der Waals surface area contributed by atoms with Gasteiger partial charge >= 0.3 is 5.97 Å². The quantitative estimate of drug-likeness (QED) is 0.723. The summed E-state index contributed by atoms with van der Waals surface area (Å²) in [4.78, 5) is 14.4. The molecule has 1 atom stereocenters. The van der Waals surface area contributed by atoms with Crippen molar-refractivity contribution in [2.75, 3.05) is 6.54 Å². The van der Waals surface area contributed by atoms with Crippen molar-refractivity contribution in [1.82, 2.24) is 10.3 Å². The molecule has 0 aliphatic heterocycles. The molecule has 14 heavy (non-hydrogen) atoms. The number of aliphatic carboxylic acids is 1. The van der Waals surface area contributed by atoms with E-state index in [-0.39, 0.29) is 12.6 Å². The van der Waals surface area contributed by atoms with Crippen LogP contribution in [-0.4, -0.2) is 28.6 Å². The summed E-state index contributed by atoms with van der Waals surface area (Å²) in [6, 6.07) is 5.84. The van der Waals surface area contributed by atoms with Crippen LogP contribution >= 0.6 is 0 Å². The van der Waals surface area contributed by atoms with Crippen LogP contribution in [0.15, 0.2) is 24.4 Å². The highest BCUT2D eigenvalue weighted by Crippen LogP contribution is 1.98. The van der Waals surface area contributed by atoms with E-state index in [0.717, 1.165) is 12.1 Å². The van der Waals surface area contributed by atoms with Gasteiger partial charge in [0.1, 0.15) is 0 Å². The SMILES string of the molecule is CC(Cc1ccccn1)NCC(=O)O. The summed E-state index contributed by atoms with van der Waals surface area (Å²) in [5, 5.41) is 11.3. The molecule has 4 heteroatoms. The molecule has 1 aromatic rings. The molecule has 0 bridgehead atoms. The van der Waals surface area contributed by atoms with Gasteiger partial charge in [0, 0.05) is 24.4 Å². The zero-order chi connectivity index (χ0) is 10.4. The van der Waals surface area contributed by atoms with Crippen molar-refractivity contribution in [2.24, 2.45) is 0 Å². The molecule has 0 amide bonds. The van der Waals surface area contributed by atoms with Gasteiger partial charge in [0.2, 0.25) is 0 Å². The number of nitrogens with one attached hydrogen (secondary N) is 1. The van der Waals surface area contributed by atoms with Crippen molar-refractivity contribution in [3.8, 4) is 0 Å². The van der Waals surface area contributed by atoms with Gasteiger partial charge in [-0.15, -0.1) is 0 Å². The Kier molecular flexibility index (Phi) is 4.07. The second kappa shape index (κ2) is 5.34. The Bertz CT molecular complexity index is 287. The van der Waals surface area contributed by atoms with Crippen LogP contribution in [0.5, 0.6) is 0 Å². The number of carbonyl (C=O) groups is 1. The lowest BCUT2D eigenvalue weighted by atomic mass is 10.1. The van der Waals surface area contributed by atoms with Crippen molar-refractivity contribution in [2.45, 2.75) is 19.4 Å². The maximum atomic E-state index is 10.3. The number of carboxylic acid groups (broad SMARTS) is 1. The summed E-state index contributed by atoms with van der Waals surface area (Å²) < 4.78 is 0. The van der Waals surface area contributed by atoms with E-state index in [4.69, 9.17) is 5.11 Å². The summed E-state index contributed by atoms with van der Waals surface area (Å²) in [5.41, 5.74) is 0.970. The molecular weight excluding hydrogens is 180 g/mol. The van der Waals surface area contributed by atoms with E-state index in [1.54, 1.807) is 6.20 Å². The number of hydrogen-bond donors (Lipinski definition) is 2. The molecule has 0 aliphatic rings. The number of hydrogen-bond acceptors (Lipinski definition) is 3. The summed E-state index contributed by atoms with van der Waals surface area (Å²) in [5.74, 6) is -0.835. The number of pyridine rings is 1. The predicted molar refractivity (Wildman–Crippen MR) is 53.0 cm³/mol. The number of rotatable bonds is 5. The zero-order valence-corrected chi connectivity index (χ0v) is 8.10. The Balaban J connectivity index is 2.34. The standard InChI is InChI=1S/C10H14N2O2/c1-8(12-7-10(13)14)6-9-4-2-3-5-11-9/h2-5,8,12H,6-7H2,1H3,(H,13,14). The molecule has 2 N–H and O–H groups in total. The van der Waals surface area contributed by atoms with Crippen molar-refractivity contribution in [3.05, 3.63) is 30.1 Å². The highest BCUT2D eigenvalue weighted by Gasteiger charge is 2.05. The molecule has 1 rings (SSSR count). The molecule has 0 fully saturated rings. The van der Waals surface area contributed by atoms with Crippen LogP contribution in [0.3, 0.4) is 0 Å². The summed E-state index contributed by atoms with van der Waals surface area (Å²) >= 11 is 0. The molecule has 0 spiro atoms. The molecule has 76 valence electrons. The van der Waals surface area contributed by atoms with Crippen LogP contribution in [0.1, 0.15) is 12.6 Å². The van der Waals surface area contributed by atoms with Crippen LogP contribution in [-0.2, 0) is 11.2 Å². The molecule has 0 radical (unpaired) electrons. The fraction of sp³-hybridized carbons (Fsp3) is 0.400. The van der Waals surface area contributed by atoms with Crippen molar-refractivity contribution in [3.63, 3.8) is 0 Å². The summed E-state index contributed by atoms with van der Waals surface area (Å²) in [7, 11) is 0. The minimum Gasteiger partial charge on any atom is -0.480 e.